The van der Waals surface area contributed by atoms with Crippen molar-refractivity contribution < 1.29 is 4.79 Å². The number of aromatic nitrogens is 1. The number of carbonyl (C=O) groups excluding carboxylic acids is 1. The molecule has 0 aliphatic rings. The van der Waals surface area contributed by atoms with Crippen molar-refractivity contribution in [3.05, 3.63) is 38.5 Å². The first-order valence-electron chi connectivity index (χ1n) is 4.61. The van der Waals surface area contributed by atoms with Crippen LogP contribution in [-0.2, 0) is 0 Å². The van der Waals surface area contributed by atoms with Gasteiger partial charge in [0.05, 0.1) is 10.9 Å². The molecule has 5 heteroatoms. The minimum absolute atomic E-state index is 0.160. The van der Waals surface area contributed by atoms with E-state index in [0.29, 0.717) is 9.88 Å². The average molecular weight is 248 g/mol. The molecule has 1 atom stereocenters. The molecular formula is C11H8N2OS2. The van der Waals surface area contributed by atoms with E-state index < -0.39 is 5.92 Å². The Labute approximate surface area is 101 Å². The first-order valence-corrected chi connectivity index (χ1v) is 6.37. The Kier molecular flexibility index (Phi) is 3.13. The fourth-order valence-electron chi connectivity index (χ4n) is 1.29. The molecule has 0 aromatic carbocycles. The highest BCUT2D eigenvalue weighted by Gasteiger charge is 2.25. The van der Waals surface area contributed by atoms with Crippen molar-refractivity contribution in [3.8, 4) is 6.07 Å². The van der Waals surface area contributed by atoms with Gasteiger partial charge in [0.15, 0.2) is 11.7 Å². The predicted octanol–water partition coefficient (Wildman–Crippen LogP) is 3.00. The third-order valence-electron chi connectivity index (χ3n) is 2.04. The maximum Gasteiger partial charge on any atom is 0.196 e. The Morgan fingerprint density at radius 2 is 2.38 bits per heavy atom. The van der Waals surface area contributed by atoms with Gasteiger partial charge in [0, 0.05) is 11.1 Å². The van der Waals surface area contributed by atoms with E-state index in [1.54, 1.807) is 12.1 Å². The quantitative estimate of drug-likeness (QED) is 0.784. The molecule has 0 fully saturated rings. The third kappa shape index (κ3) is 2.03. The van der Waals surface area contributed by atoms with Crippen LogP contribution in [-0.4, -0.2) is 10.8 Å². The fraction of sp³-hybridized carbons (Fsp3) is 0.182. The average Bonchev–Trinajstić information content (AvgIpc) is 2.90. The molecule has 2 rings (SSSR count). The second kappa shape index (κ2) is 4.56. The van der Waals surface area contributed by atoms with Crippen molar-refractivity contribution in [1.29, 1.82) is 5.26 Å². The van der Waals surface area contributed by atoms with Gasteiger partial charge >= 0.3 is 0 Å². The van der Waals surface area contributed by atoms with Gasteiger partial charge in [0.2, 0.25) is 0 Å². The molecule has 0 aliphatic carbocycles. The number of nitriles is 1. The van der Waals surface area contributed by atoms with Crippen LogP contribution in [0.15, 0.2) is 22.9 Å². The number of hydrogen-bond acceptors (Lipinski definition) is 5. The molecule has 2 aromatic rings. The van der Waals surface area contributed by atoms with Crippen molar-refractivity contribution in [1.82, 2.24) is 4.98 Å². The summed E-state index contributed by atoms with van der Waals surface area (Å²) in [5.74, 6) is -0.927. The van der Waals surface area contributed by atoms with Crippen LogP contribution >= 0.6 is 22.7 Å². The summed E-state index contributed by atoms with van der Waals surface area (Å²) in [6.07, 6.45) is 0. The van der Waals surface area contributed by atoms with Crippen LogP contribution in [0.25, 0.3) is 0 Å². The van der Waals surface area contributed by atoms with E-state index in [9.17, 15) is 4.79 Å². The first kappa shape index (κ1) is 11.0. The zero-order chi connectivity index (χ0) is 11.5. The van der Waals surface area contributed by atoms with E-state index in [-0.39, 0.29) is 5.78 Å². The standard InChI is InChI=1S/C11H8N2OS2/c1-7-6-16-11(13-7)8(5-12)10(14)9-3-2-4-15-9/h2-4,6,8H,1H3/t8-/m0/s1. The highest BCUT2D eigenvalue weighted by Crippen LogP contribution is 2.25. The lowest BCUT2D eigenvalue weighted by molar-refractivity contribution is 0.0982. The van der Waals surface area contributed by atoms with E-state index in [4.69, 9.17) is 5.26 Å². The Hall–Kier alpha value is -1.51. The summed E-state index contributed by atoms with van der Waals surface area (Å²) in [5.41, 5.74) is 0.847. The fourth-order valence-corrected chi connectivity index (χ4v) is 2.82. The number of carbonyl (C=O) groups is 1. The van der Waals surface area contributed by atoms with Crippen LogP contribution in [0.5, 0.6) is 0 Å². The van der Waals surface area contributed by atoms with E-state index in [1.807, 2.05) is 23.8 Å². The number of Topliss-reactive ketones (excluding diaryl/α,β-unsaturated/α-hetero) is 1. The monoisotopic (exact) mass is 248 g/mol. The van der Waals surface area contributed by atoms with Crippen molar-refractivity contribution in [2.24, 2.45) is 0 Å². The van der Waals surface area contributed by atoms with E-state index >= 15 is 0 Å². The number of hydrogen-bond donors (Lipinski definition) is 0. The SMILES string of the molecule is Cc1csc([C@@H](C#N)C(=O)c2cccs2)n1. The van der Waals surface area contributed by atoms with Crippen LogP contribution in [0, 0.1) is 18.3 Å². The molecule has 16 heavy (non-hydrogen) atoms. The van der Waals surface area contributed by atoms with Crippen molar-refractivity contribution in [3.63, 3.8) is 0 Å². The summed E-state index contributed by atoms with van der Waals surface area (Å²) in [7, 11) is 0. The van der Waals surface area contributed by atoms with Crippen LogP contribution < -0.4 is 0 Å². The zero-order valence-electron chi connectivity index (χ0n) is 8.51. The van der Waals surface area contributed by atoms with Gasteiger partial charge in [-0.15, -0.1) is 22.7 Å². The largest absolute Gasteiger partial charge is 0.291 e. The zero-order valence-corrected chi connectivity index (χ0v) is 10.1. The second-order valence-electron chi connectivity index (χ2n) is 3.23. The lowest BCUT2D eigenvalue weighted by Gasteiger charge is -2.01. The molecule has 0 unspecified atom stereocenters. The van der Waals surface area contributed by atoms with Gasteiger partial charge in [0.25, 0.3) is 0 Å². The Morgan fingerprint density at radius 3 is 2.88 bits per heavy atom. The Bertz CT molecular complexity index is 537. The molecule has 0 aliphatic heterocycles. The highest BCUT2D eigenvalue weighted by molar-refractivity contribution is 7.12. The van der Waals surface area contributed by atoms with Gasteiger partial charge in [-0.1, -0.05) is 6.07 Å². The Balaban J connectivity index is 2.31. The summed E-state index contributed by atoms with van der Waals surface area (Å²) in [6.45, 7) is 1.85. The van der Waals surface area contributed by atoms with E-state index in [2.05, 4.69) is 4.98 Å². The first-order chi connectivity index (χ1) is 7.72. The lowest BCUT2D eigenvalue weighted by Crippen LogP contribution is -2.09. The van der Waals surface area contributed by atoms with Gasteiger partial charge < -0.3 is 0 Å². The van der Waals surface area contributed by atoms with Crippen LogP contribution in [0.4, 0.5) is 0 Å². The molecule has 0 spiro atoms. The van der Waals surface area contributed by atoms with E-state index in [1.165, 1.54) is 22.7 Å². The van der Waals surface area contributed by atoms with Crippen LogP contribution in [0.1, 0.15) is 26.3 Å². The van der Waals surface area contributed by atoms with E-state index in [0.717, 1.165) is 5.69 Å². The summed E-state index contributed by atoms with van der Waals surface area (Å²) >= 11 is 2.71. The third-order valence-corrected chi connectivity index (χ3v) is 3.95. The number of thiophene rings is 1. The summed E-state index contributed by atoms with van der Waals surface area (Å²) in [5, 5.41) is 13.3. The van der Waals surface area contributed by atoms with Crippen molar-refractivity contribution in [2.75, 3.05) is 0 Å². The second-order valence-corrected chi connectivity index (χ2v) is 5.07. The number of rotatable bonds is 3. The van der Waals surface area contributed by atoms with Gasteiger partial charge in [-0.3, -0.25) is 4.79 Å². The number of nitrogens with zero attached hydrogens (tertiary/aromatic N) is 2. The lowest BCUT2D eigenvalue weighted by atomic mass is 10.1. The summed E-state index contributed by atoms with van der Waals surface area (Å²) in [6, 6.07) is 5.56. The van der Waals surface area contributed by atoms with Gasteiger partial charge in [-0.25, -0.2) is 4.98 Å². The number of thiazole rings is 1. The molecule has 0 saturated carbocycles. The molecule has 0 N–H and O–H groups in total. The predicted molar refractivity (Wildman–Crippen MR) is 63.9 cm³/mol. The number of ketones is 1. The molecular weight excluding hydrogens is 240 g/mol. The number of aryl methyl sites for hydroxylation is 1. The molecule has 80 valence electrons. The van der Waals surface area contributed by atoms with Gasteiger partial charge in [-0.05, 0) is 18.4 Å². The normalized spacial score (nSPS) is 12.0. The topological polar surface area (TPSA) is 53.8 Å². The summed E-state index contributed by atoms with van der Waals surface area (Å²) in [4.78, 5) is 16.8. The molecule has 2 aromatic heterocycles. The minimum atomic E-state index is -0.766. The summed E-state index contributed by atoms with van der Waals surface area (Å²) < 4.78 is 0. The van der Waals surface area contributed by atoms with Gasteiger partial charge in [-0.2, -0.15) is 5.26 Å². The molecule has 0 amide bonds. The molecule has 0 bridgehead atoms. The van der Waals surface area contributed by atoms with Crippen LogP contribution in [0.2, 0.25) is 0 Å². The van der Waals surface area contributed by atoms with Crippen LogP contribution in [0.3, 0.4) is 0 Å². The smallest absolute Gasteiger partial charge is 0.196 e. The minimum Gasteiger partial charge on any atom is -0.291 e. The maximum atomic E-state index is 12.0. The Morgan fingerprint density at radius 1 is 1.56 bits per heavy atom. The highest BCUT2D eigenvalue weighted by atomic mass is 32.1. The van der Waals surface area contributed by atoms with Crippen molar-refractivity contribution in [2.45, 2.75) is 12.8 Å². The molecule has 0 saturated heterocycles. The molecule has 2 heterocycles. The molecule has 0 radical (unpaired) electrons. The van der Waals surface area contributed by atoms with Gasteiger partial charge in [0.1, 0.15) is 5.01 Å². The molecule has 3 nitrogen and oxygen atoms in total. The van der Waals surface area contributed by atoms with Crippen molar-refractivity contribution >= 4 is 28.5 Å². The maximum absolute atomic E-state index is 12.0.